The minimum atomic E-state index is -1.07. The molecule has 0 aromatic heterocycles. The Bertz CT molecular complexity index is 1010. The van der Waals surface area contributed by atoms with Gasteiger partial charge in [0.25, 0.3) is 0 Å². The van der Waals surface area contributed by atoms with E-state index in [1.807, 2.05) is 50.2 Å². The first-order valence-corrected chi connectivity index (χ1v) is 11.8. The average molecular weight is 467 g/mol. The number of hydrogen-bond donors (Lipinski definition) is 3. The molecule has 182 valence electrons. The van der Waals surface area contributed by atoms with Crippen LogP contribution in [0.4, 0.5) is 4.79 Å². The SMILES string of the molecule is CC[C@H](C)[C@H](NC(=O)OCC1c2ccccc2-c2ccccc21)C(=O)NCC(C)(CC)C(=O)O. The molecule has 2 amide bonds. The van der Waals surface area contributed by atoms with Crippen molar-refractivity contribution >= 4 is 18.0 Å². The molecule has 1 unspecified atom stereocenters. The summed E-state index contributed by atoms with van der Waals surface area (Å²) in [5.41, 5.74) is 3.43. The third kappa shape index (κ3) is 5.24. The molecule has 3 rings (SSSR count). The van der Waals surface area contributed by atoms with Gasteiger partial charge < -0.3 is 20.5 Å². The quantitative estimate of drug-likeness (QED) is 0.476. The monoisotopic (exact) mass is 466 g/mol. The van der Waals surface area contributed by atoms with E-state index in [-0.39, 0.29) is 25.0 Å². The van der Waals surface area contributed by atoms with E-state index in [4.69, 9.17) is 4.74 Å². The van der Waals surface area contributed by atoms with Crippen LogP contribution in [-0.2, 0) is 14.3 Å². The van der Waals surface area contributed by atoms with E-state index in [0.29, 0.717) is 12.8 Å². The van der Waals surface area contributed by atoms with Crippen molar-refractivity contribution < 1.29 is 24.2 Å². The van der Waals surface area contributed by atoms with E-state index >= 15 is 0 Å². The topological polar surface area (TPSA) is 105 Å². The molecule has 7 nitrogen and oxygen atoms in total. The first kappa shape index (κ1) is 25.3. The predicted molar refractivity (Wildman–Crippen MR) is 130 cm³/mol. The van der Waals surface area contributed by atoms with Crippen LogP contribution in [0, 0.1) is 11.3 Å². The number of benzene rings is 2. The molecule has 3 N–H and O–H groups in total. The molecule has 0 saturated heterocycles. The molecule has 1 aliphatic rings. The van der Waals surface area contributed by atoms with Crippen molar-refractivity contribution in [2.75, 3.05) is 13.2 Å². The normalized spacial score (nSPS) is 15.9. The van der Waals surface area contributed by atoms with Crippen molar-refractivity contribution in [3.63, 3.8) is 0 Å². The van der Waals surface area contributed by atoms with Crippen molar-refractivity contribution in [2.45, 2.75) is 52.5 Å². The molecule has 0 saturated carbocycles. The Kier molecular flexibility index (Phi) is 7.97. The fourth-order valence-corrected chi connectivity index (χ4v) is 4.21. The van der Waals surface area contributed by atoms with E-state index in [1.165, 1.54) is 0 Å². The molecule has 0 radical (unpaired) electrons. The number of amides is 2. The molecule has 0 aliphatic heterocycles. The zero-order chi connectivity index (χ0) is 24.9. The molecular weight excluding hydrogens is 432 g/mol. The lowest BCUT2D eigenvalue weighted by Crippen LogP contribution is -2.52. The van der Waals surface area contributed by atoms with Gasteiger partial charge in [0.2, 0.25) is 5.91 Å². The molecular formula is C27H34N2O5. The number of carboxylic acids is 1. The molecule has 0 spiro atoms. The number of alkyl carbamates (subject to hydrolysis) is 1. The van der Waals surface area contributed by atoms with Crippen molar-refractivity contribution in [2.24, 2.45) is 11.3 Å². The minimum absolute atomic E-state index is 0.0169. The van der Waals surface area contributed by atoms with Crippen LogP contribution in [0.2, 0.25) is 0 Å². The van der Waals surface area contributed by atoms with Gasteiger partial charge in [-0.2, -0.15) is 0 Å². The predicted octanol–water partition coefficient (Wildman–Crippen LogP) is 4.56. The number of carbonyl (C=O) groups is 3. The standard InChI is InChI=1S/C27H34N2O5/c1-5-17(3)23(24(30)28-16-27(4,6-2)25(31)32)29-26(33)34-15-22-20-13-9-7-11-18(20)19-12-8-10-14-21(19)22/h7-14,17,22-23H,5-6,15-16H2,1-4H3,(H,28,30)(H,29,33)(H,31,32)/t17-,23-,27?/m0/s1. The highest BCUT2D eigenvalue weighted by Gasteiger charge is 2.34. The number of carbonyl (C=O) groups excluding carboxylic acids is 2. The molecule has 2 aromatic carbocycles. The maximum atomic E-state index is 12.9. The average Bonchev–Trinajstić information content (AvgIpc) is 3.17. The van der Waals surface area contributed by atoms with Gasteiger partial charge in [-0.25, -0.2) is 4.79 Å². The van der Waals surface area contributed by atoms with Crippen molar-refractivity contribution in [1.82, 2.24) is 10.6 Å². The van der Waals surface area contributed by atoms with Gasteiger partial charge in [-0.3, -0.25) is 9.59 Å². The minimum Gasteiger partial charge on any atom is -0.481 e. The number of carboxylic acid groups (broad SMARTS) is 1. The van der Waals surface area contributed by atoms with Crippen LogP contribution in [0.5, 0.6) is 0 Å². The van der Waals surface area contributed by atoms with Gasteiger partial charge in [0, 0.05) is 12.5 Å². The molecule has 0 heterocycles. The zero-order valence-corrected chi connectivity index (χ0v) is 20.3. The third-order valence-electron chi connectivity index (χ3n) is 7.06. The molecule has 3 atom stereocenters. The Balaban J connectivity index is 1.66. The molecule has 7 heteroatoms. The summed E-state index contributed by atoms with van der Waals surface area (Å²) >= 11 is 0. The van der Waals surface area contributed by atoms with Crippen LogP contribution < -0.4 is 10.6 Å². The lowest BCUT2D eigenvalue weighted by atomic mass is 9.87. The Morgan fingerprint density at radius 3 is 2.09 bits per heavy atom. The van der Waals surface area contributed by atoms with Crippen LogP contribution in [-0.4, -0.2) is 42.3 Å². The van der Waals surface area contributed by atoms with Gasteiger partial charge in [0.1, 0.15) is 12.6 Å². The second-order valence-corrected chi connectivity index (χ2v) is 9.27. The zero-order valence-electron chi connectivity index (χ0n) is 20.3. The lowest BCUT2D eigenvalue weighted by molar-refractivity contribution is -0.148. The Morgan fingerprint density at radius 1 is 1.03 bits per heavy atom. The first-order chi connectivity index (χ1) is 16.2. The van der Waals surface area contributed by atoms with Crippen LogP contribution in [0.25, 0.3) is 11.1 Å². The fourth-order valence-electron chi connectivity index (χ4n) is 4.21. The van der Waals surface area contributed by atoms with E-state index in [2.05, 4.69) is 22.8 Å². The summed E-state index contributed by atoms with van der Waals surface area (Å²) in [6, 6.07) is 15.3. The van der Waals surface area contributed by atoms with Gasteiger partial charge in [-0.1, -0.05) is 75.7 Å². The lowest BCUT2D eigenvalue weighted by Gasteiger charge is -2.27. The number of nitrogens with one attached hydrogen (secondary N) is 2. The number of fused-ring (bicyclic) bond motifs is 3. The van der Waals surface area contributed by atoms with Crippen molar-refractivity contribution in [3.8, 4) is 11.1 Å². The van der Waals surface area contributed by atoms with Gasteiger partial charge in [-0.05, 0) is 41.5 Å². The highest BCUT2D eigenvalue weighted by molar-refractivity contribution is 5.86. The van der Waals surface area contributed by atoms with E-state index in [0.717, 1.165) is 22.3 Å². The summed E-state index contributed by atoms with van der Waals surface area (Å²) in [4.78, 5) is 37.1. The summed E-state index contributed by atoms with van der Waals surface area (Å²) in [7, 11) is 0. The Hall–Kier alpha value is -3.35. The molecule has 2 aromatic rings. The number of ether oxygens (including phenoxy) is 1. The van der Waals surface area contributed by atoms with Crippen LogP contribution in [0.15, 0.2) is 48.5 Å². The Labute approximate surface area is 200 Å². The second-order valence-electron chi connectivity index (χ2n) is 9.27. The highest BCUT2D eigenvalue weighted by atomic mass is 16.5. The van der Waals surface area contributed by atoms with Gasteiger partial charge in [0.05, 0.1) is 5.41 Å². The summed E-state index contributed by atoms with van der Waals surface area (Å²) in [5, 5.41) is 14.9. The van der Waals surface area contributed by atoms with Crippen molar-refractivity contribution in [1.29, 1.82) is 0 Å². The maximum absolute atomic E-state index is 12.9. The number of hydrogen-bond acceptors (Lipinski definition) is 4. The van der Waals surface area contributed by atoms with Crippen LogP contribution in [0.1, 0.15) is 57.6 Å². The van der Waals surface area contributed by atoms with E-state index in [1.54, 1.807) is 13.8 Å². The molecule has 0 fully saturated rings. The van der Waals surface area contributed by atoms with Gasteiger partial charge in [0.15, 0.2) is 0 Å². The van der Waals surface area contributed by atoms with Gasteiger partial charge in [-0.15, -0.1) is 0 Å². The van der Waals surface area contributed by atoms with Crippen LogP contribution in [0.3, 0.4) is 0 Å². The summed E-state index contributed by atoms with van der Waals surface area (Å²) in [5.74, 6) is -1.61. The van der Waals surface area contributed by atoms with Crippen molar-refractivity contribution in [3.05, 3.63) is 59.7 Å². The van der Waals surface area contributed by atoms with E-state index < -0.39 is 29.4 Å². The third-order valence-corrected chi connectivity index (χ3v) is 7.06. The Morgan fingerprint density at radius 2 is 1.59 bits per heavy atom. The molecule has 34 heavy (non-hydrogen) atoms. The van der Waals surface area contributed by atoms with Crippen LogP contribution >= 0.6 is 0 Å². The van der Waals surface area contributed by atoms with E-state index in [9.17, 15) is 19.5 Å². The summed E-state index contributed by atoms with van der Waals surface area (Å²) < 4.78 is 5.60. The smallest absolute Gasteiger partial charge is 0.407 e. The fraction of sp³-hybridized carbons (Fsp3) is 0.444. The largest absolute Gasteiger partial charge is 0.481 e. The highest BCUT2D eigenvalue weighted by Crippen LogP contribution is 2.44. The summed E-state index contributed by atoms with van der Waals surface area (Å²) in [6.07, 6.45) is 0.362. The first-order valence-electron chi connectivity index (χ1n) is 11.8. The molecule has 0 bridgehead atoms. The van der Waals surface area contributed by atoms with Gasteiger partial charge >= 0.3 is 12.1 Å². The number of aliphatic carboxylic acids is 1. The number of rotatable bonds is 10. The maximum Gasteiger partial charge on any atom is 0.407 e. The molecule has 1 aliphatic carbocycles. The summed E-state index contributed by atoms with van der Waals surface area (Å²) in [6.45, 7) is 7.29. The second kappa shape index (κ2) is 10.7.